The molecule has 1 amide bonds. The molecule has 0 saturated carbocycles. The minimum absolute atomic E-state index is 0.0253. The Morgan fingerprint density at radius 2 is 2.12 bits per heavy atom. The summed E-state index contributed by atoms with van der Waals surface area (Å²) in [6.45, 7) is 1.43. The fourth-order valence-corrected chi connectivity index (χ4v) is 3.00. The fourth-order valence-electron chi connectivity index (χ4n) is 2.83. The summed E-state index contributed by atoms with van der Waals surface area (Å²) in [6, 6.07) is 7.37. The molecule has 2 heterocycles. The third kappa shape index (κ3) is 4.46. The first-order valence-electron chi connectivity index (χ1n) is 8.06. The average molecular weight is 365 g/mol. The maximum Gasteiger partial charge on any atom is 0.266 e. The van der Waals surface area contributed by atoms with E-state index in [1.54, 1.807) is 17.0 Å². The number of carbonyl (C=O) groups is 1. The van der Waals surface area contributed by atoms with Crippen molar-refractivity contribution in [3.8, 4) is 0 Å². The van der Waals surface area contributed by atoms with Gasteiger partial charge in [0.05, 0.1) is 11.7 Å². The summed E-state index contributed by atoms with van der Waals surface area (Å²) in [5.41, 5.74) is 0.662. The molecule has 0 bridgehead atoms. The lowest BCUT2D eigenvalue weighted by molar-refractivity contribution is 0.0507. The van der Waals surface area contributed by atoms with E-state index in [1.807, 2.05) is 0 Å². The van der Waals surface area contributed by atoms with E-state index in [1.165, 1.54) is 24.4 Å². The van der Waals surface area contributed by atoms with Gasteiger partial charge in [-0.3, -0.25) is 9.59 Å². The Labute approximate surface area is 149 Å². The van der Waals surface area contributed by atoms with Crippen molar-refractivity contribution in [2.24, 2.45) is 0 Å². The average Bonchev–Trinajstić information content (AvgIpc) is 3.11. The molecule has 5 nitrogen and oxygen atoms in total. The normalized spacial score (nSPS) is 16.8. The highest BCUT2D eigenvalue weighted by Gasteiger charge is 2.24. The molecule has 1 aromatic heterocycles. The van der Waals surface area contributed by atoms with E-state index < -0.39 is 5.56 Å². The number of pyridine rings is 1. The van der Waals surface area contributed by atoms with Crippen LogP contribution in [0.25, 0.3) is 0 Å². The molecule has 0 unspecified atom stereocenters. The number of rotatable bonds is 5. The zero-order chi connectivity index (χ0) is 17.8. The van der Waals surface area contributed by atoms with Crippen molar-refractivity contribution in [2.75, 3.05) is 13.2 Å². The molecule has 1 saturated heterocycles. The van der Waals surface area contributed by atoms with Gasteiger partial charge in [-0.25, -0.2) is 4.39 Å². The zero-order valence-corrected chi connectivity index (χ0v) is 14.3. The van der Waals surface area contributed by atoms with Gasteiger partial charge >= 0.3 is 0 Å². The van der Waals surface area contributed by atoms with E-state index in [0.717, 1.165) is 18.4 Å². The van der Waals surface area contributed by atoms with Crippen LogP contribution in [0.2, 0.25) is 5.02 Å². The van der Waals surface area contributed by atoms with E-state index in [0.29, 0.717) is 25.3 Å². The monoisotopic (exact) mass is 364 g/mol. The van der Waals surface area contributed by atoms with Gasteiger partial charge in [-0.1, -0.05) is 23.7 Å². The summed E-state index contributed by atoms with van der Waals surface area (Å²) in [5.74, 6) is -0.592. The summed E-state index contributed by atoms with van der Waals surface area (Å²) < 4.78 is 18.7. The zero-order valence-electron chi connectivity index (χ0n) is 13.5. The largest absolute Gasteiger partial charge is 0.376 e. The van der Waals surface area contributed by atoms with Crippen LogP contribution in [0.3, 0.4) is 0 Å². The second-order valence-corrected chi connectivity index (χ2v) is 6.42. The van der Waals surface area contributed by atoms with Gasteiger partial charge in [-0.15, -0.1) is 0 Å². The lowest BCUT2D eigenvalue weighted by atomic mass is 10.1. The summed E-state index contributed by atoms with van der Waals surface area (Å²) >= 11 is 5.83. The summed E-state index contributed by atoms with van der Waals surface area (Å²) in [6.07, 6.45) is 3.18. The van der Waals surface area contributed by atoms with Gasteiger partial charge in [-0.2, -0.15) is 0 Å². The predicted molar refractivity (Wildman–Crippen MR) is 92.2 cm³/mol. The number of hydrogen-bond donors (Lipinski definition) is 1. The molecule has 3 rings (SSSR count). The van der Waals surface area contributed by atoms with Crippen molar-refractivity contribution in [3.05, 3.63) is 68.8 Å². The van der Waals surface area contributed by atoms with Gasteiger partial charge in [0.15, 0.2) is 0 Å². The Morgan fingerprint density at radius 1 is 1.36 bits per heavy atom. The maximum atomic E-state index is 13.1. The third-order valence-corrected chi connectivity index (χ3v) is 4.41. The first-order chi connectivity index (χ1) is 12.0. The Kier molecular flexibility index (Phi) is 5.50. The summed E-state index contributed by atoms with van der Waals surface area (Å²) in [4.78, 5) is 28.4. The number of carbonyl (C=O) groups excluding carboxylic acids is 1. The van der Waals surface area contributed by atoms with Crippen molar-refractivity contribution in [3.63, 3.8) is 0 Å². The number of benzene rings is 1. The van der Waals surface area contributed by atoms with Gasteiger partial charge in [0.2, 0.25) is 0 Å². The molecule has 1 aromatic carbocycles. The number of aromatic amines is 1. The fraction of sp³-hybridized carbons (Fsp3) is 0.333. The highest BCUT2D eigenvalue weighted by atomic mass is 35.5. The van der Waals surface area contributed by atoms with Crippen LogP contribution < -0.4 is 5.56 Å². The minimum atomic E-state index is -0.442. The molecule has 132 valence electrons. The minimum Gasteiger partial charge on any atom is -0.376 e. The number of ether oxygens (including phenoxy) is 1. The smallest absolute Gasteiger partial charge is 0.266 e. The number of nitrogens with one attached hydrogen (secondary N) is 1. The van der Waals surface area contributed by atoms with Crippen molar-refractivity contribution < 1.29 is 13.9 Å². The molecule has 7 heteroatoms. The molecule has 1 atom stereocenters. The summed E-state index contributed by atoms with van der Waals surface area (Å²) in [5, 5.41) is -0.0373. The van der Waals surface area contributed by atoms with Crippen LogP contribution in [0.15, 0.2) is 41.3 Å². The van der Waals surface area contributed by atoms with Gasteiger partial charge in [0.25, 0.3) is 11.5 Å². The van der Waals surface area contributed by atoms with Crippen LogP contribution >= 0.6 is 11.6 Å². The molecular formula is C18H18ClFN2O3. The van der Waals surface area contributed by atoms with E-state index in [-0.39, 0.29) is 22.9 Å². The standard InChI is InChI=1S/C18H18ClFN2O3/c19-16-8-13(9-21-17(16)23)18(24)22(11-15-2-1-7-25-15)10-12-3-5-14(20)6-4-12/h3-6,8-9,15H,1-2,7,10-11H2,(H,21,23)/t15-/m0/s1. The van der Waals surface area contributed by atoms with Gasteiger partial charge < -0.3 is 14.6 Å². The second-order valence-electron chi connectivity index (χ2n) is 6.01. The second kappa shape index (κ2) is 7.80. The molecular weight excluding hydrogens is 347 g/mol. The van der Waals surface area contributed by atoms with Crippen molar-refractivity contribution >= 4 is 17.5 Å². The highest BCUT2D eigenvalue weighted by Crippen LogP contribution is 2.18. The van der Waals surface area contributed by atoms with Crippen LogP contribution in [0.4, 0.5) is 4.39 Å². The molecule has 1 fully saturated rings. The quantitative estimate of drug-likeness (QED) is 0.887. The number of halogens is 2. The highest BCUT2D eigenvalue weighted by molar-refractivity contribution is 6.30. The van der Waals surface area contributed by atoms with Gasteiger partial charge in [0, 0.05) is 25.9 Å². The number of amides is 1. The molecule has 0 radical (unpaired) electrons. The number of H-pyrrole nitrogens is 1. The molecule has 0 spiro atoms. The van der Waals surface area contributed by atoms with Crippen LogP contribution in [-0.2, 0) is 11.3 Å². The van der Waals surface area contributed by atoms with Crippen LogP contribution in [0, 0.1) is 5.82 Å². The maximum absolute atomic E-state index is 13.1. The van der Waals surface area contributed by atoms with E-state index in [4.69, 9.17) is 16.3 Å². The predicted octanol–water partition coefficient (Wildman–Crippen LogP) is 2.99. The lowest BCUT2D eigenvalue weighted by Crippen LogP contribution is -2.37. The molecule has 1 N–H and O–H groups in total. The van der Waals surface area contributed by atoms with Crippen molar-refractivity contribution in [1.82, 2.24) is 9.88 Å². The van der Waals surface area contributed by atoms with Crippen molar-refractivity contribution in [2.45, 2.75) is 25.5 Å². The third-order valence-electron chi connectivity index (χ3n) is 4.13. The van der Waals surface area contributed by atoms with E-state index in [9.17, 15) is 14.0 Å². The topological polar surface area (TPSA) is 62.4 Å². The van der Waals surface area contributed by atoms with Crippen LogP contribution in [0.1, 0.15) is 28.8 Å². The number of aromatic nitrogens is 1. The summed E-state index contributed by atoms with van der Waals surface area (Å²) in [7, 11) is 0. The number of hydrogen-bond acceptors (Lipinski definition) is 3. The van der Waals surface area contributed by atoms with Crippen molar-refractivity contribution in [1.29, 1.82) is 0 Å². The molecule has 1 aliphatic heterocycles. The molecule has 2 aromatic rings. The molecule has 1 aliphatic rings. The lowest BCUT2D eigenvalue weighted by Gasteiger charge is -2.25. The Morgan fingerprint density at radius 3 is 2.76 bits per heavy atom. The van der Waals surface area contributed by atoms with E-state index in [2.05, 4.69) is 4.98 Å². The Bertz CT molecular complexity index is 801. The molecule has 0 aliphatic carbocycles. The van der Waals surface area contributed by atoms with E-state index >= 15 is 0 Å². The van der Waals surface area contributed by atoms with Gasteiger partial charge in [-0.05, 0) is 36.6 Å². The molecule has 25 heavy (non-hydrogen) atoms. The first kappa shape index (κ1) is 17.6. The van der Waals surface area contributed by atoms with Gasteiger partial charge in [0.1, 0.15) is 10.8 Å². The number of nitrogens with zero attached hydrogens (tertiary/aromatic N) is 1. The first-order valence-corrected chi connectivity index (χ1v) is 8.44. The van der Waals surface area contributed by atoms with Crippen LogP contribution in [-0.4, -0.2) is 35.0 Å². The van der Waals surface area contributed by atoms with Crippen LogP contribution in [0.5, 0.6) is 0 Å². The Balaban J connectivity index is 1.83. The Hall–Kier alpha value is -2.18. The SMILES string of the molecule is O=C(c1c[nH]c(=O)c(Cl)c1)N(Cc1ccc(F)cc1)C[C@@H]1CCCO1.